The number of halogens is 1. The maximum absolute atomic E-state index is 14.5. The number of para-hydroxylation sites is 1. The summed E-state index contributed by atoms with van der Waals surface area (Å²) in [5, 5.41) is 3.06. The smallest absolute Gasteiger partial charge is 0.224 e. The SMILES string of the molecule is O=C(N[C@@H](c1ccccn1)c1ccccc1F)C1CCN(CCOc2ccccc2)CC1. The number of pyridine rings is 1. The van der Waals surface area contributed by atoms with Crippen molar-refractivity contribution in [2.24, 2.45) is 5.92 Å². The molecule has 1 aromatic heterocycles. The van der Waals surface area contributed by atoms with Crippen LogP contribution in [0.5, 0.6) is 5.75 Å². The first-order valence-electron chi connectivity index (χ1n) is 11.1. The molecule has 0 radical (unpaired) electrons. The number of benzene rings is 2. The molecule has 1 saturated heterocycles. The fraction of sp³-hybridized carbons (Fsp3) is 0.308. The van der Waals surface area contributed by atoms with Gasteiger partial charge in [0.25, 0.3) is 0 Å². The Balaban J connectivity index is 1.32. The number of amides is 1. The molecule has 3 aromatic rings. The summed E-state index contributed by atoms with van der Waals surface area (Å²) >= 11 is 0. The van der Waals surface area contributed by atoms with Crippen molar-refractivity contribution in [2.75, 3.05) is 26.2 Å². The number of piperidine rings is 1. The van der Waals surface area contributed by atoms with Crippen molar-refractivity contribution in [3.8, 4) is 5.75 Å². The van der Waals surface area contributed by atoms with Crippen LogP contribution < -0.4 is 10.1 Å². The second-order valence-electron chi connectivity index (χ2n) is 8.00. The van der Waals surface area contributed by atoms with Crippen molar-refractivity contribution in [2.45, 2.75) is 18.9 Å². The predicted molar refractivity (Wildman–Crippen MR) is 122 cm³/mol. The quantitative estimate of drug-likeness (QED) is 0.578. The number of carbonyl (C=O) groups is 1. The Morgan fingerprint density at radius 2 is 1.75 bits per heavy atom. The molecule has 1 atom stereocenters. The topological polar surface area (TPSA) is 54.5 Å². The first-order chi connectivity index (χ1) is 15.7. The Morgan fingerprint density at radius 1 is 1.03 bits per heavy atom. The van der Waals surface area contributed by atoms with Crippen LogP contribution in [0.25, 0.3) is 0 Å². The number of nitrogens with one attached hydrogen (secondary N) is 1. The molecule has 5 nitrogen and oxygen atoms in total. The number of carbonyl (C=O) groups excluding carboxylic acids is 1. The third-order valence-corrected chi connectivity index (χ3v) is 5.86. The maximum Gasteiger partial charge on any atom is 0.224 e. The Morgan fingerprint density at radius 3 is 2.47 bits per heavy atom. The third kappa shape index (κ3) is 5.71. The van der Waals surface area contributed by atoms with Gasteiger partial charge in [0, 0.05) is 24.2 Å². The molecular weight excluding hydrogens is 405 g/mol. The largest absolute Gasteiger partial charge is 0.492 e. The summed E-state index contributed by atoms with van der Waals surface area (Å²) in [5.41, 5.74) is 1.05. The second-order valence-corrected chi connectivity index (χ2v) is 8.00. The molecule has 0 unspecified atom stereocenters. The maximum atomic E-state index is 14.5. The first-order valence-corrected chi connectivity index (χ1v) is 11.1. The van der Waals surface area contributed by atoms with Gasteiger partial charge in [-0.05, 0) is 56.3 Å². The minimum atomic E-state index is -0.609. The molecular formula is C26H28FN3O2. The van der Waals surface area contributed by atoms with Crippen molar-refractivity contribution < 1.29 is 13.9 Å². The predicted octanol–water partition coefficient (Wildman–Crippen LogP) is 4.22. The number of aromatic nitrogens is 1. The van der Waals surface area contributed by atoms with Crippen molar-refractivity contribution >= 4 is 5.91 Å². The zero-order chi connectivity index (χ0) is 22.2. The lowest BCUT2D eigenvalue weighted by atomic mass is 9.94. The molecule has 2 heterocycles. The second kappa shape index (κ2) is 10.9. The fourth-order valence-electron chi connectivity index (χ4n) is 4.06. The summed E-state index contributed by atoms with van der Waals surface area (Å²) in [4.78, 5) is 19.7. The van der Waals surface area contributed by atoms with E-state index in [1.807, 2.05) is 42.5 Å². The molecule has 166 valence electrons. The van der Waals surface area contributed by atoms with Crippen LogP contribution in [0.3, 0.4) is 0 Å². The van der Waals surface area contributed by atoms with Crippen molar-refractivity contribution in [3.05, 3.63) is 96.1 Å². The molecule has 1 aliphatic heterocycles. The summed E-state index contributed by atoms with van der Waals surface area (Å²) in [6, 6.07) is 21.2. The molecule has 1 aliphatic rings. The van der Waals surface area contributed by atoms with Gasteiger partial charge in [0.05, 0.1) is 11.7 Å². The molecule has 0 spiro atoms. The van der Waals surface area contributed by atoms with Gasteiger partial charge in [-0.2, -0.15) is 0 Å². The van der Waals surface area contributed by atoms with Gasteiger partial charge >= 0.3 is 0 Å². The molecule has 1 fully saturated rings. The van der Waals surface area contributed by atoms with Crippen LogP contribution in [-0.2, 0) is 4.79 Å². The standard InChI is InChI=1S/C26H28FN3O2/c27-23-11-5-4-10-22(23)25(24-12-6-7-15-28-24)29-26(31)20-13-16-30(17-14-20)18-19-32-21-8-2-1-3-9-21/h1-12,15,20,25H,13-14,16-19H2,(H,29,31)/t25-/m1/s1. The number of hydrogen-bond donors (Lipinski definition) is 1. The van der Waals surface area contributed by atoms with E-state index >= 15 is 0 Å². The summed E-state index contributed by atoms with van der Waals surface area (Å²) in [6.07, 6.45) is 3.19. The van der Waals surface area contributed by atoms with E-state index in [0.717, 1.165) is 38.2 Å². The zero-order valence-corrected chi connectivity index (χ0v) is 18.0. The molecule has 6 heteroatoms. The minimum Gasteiger partial charge on any atom is -0.492 e. The normalized spacial score (nSPS) is 15.8. The molecule has 0 aliphatic carbocycles. The van der Waals surface area contributed by atoms with Gasteiger partial charge in [0.1, 0.15) is 18.2 Å². The van der Waals surface area contributed by atoms with Gasteiger partial charge in [-0.15, -0.1) is 0 Å². The van der Waals surface area contributed by atoms with Crippen LogP contribution in [0.2, 0.25) is 0 Å². The van der Waals surface area contributed by atoms with E-state index < -0.39 is 6.04 Å². The van der Waals surface area contributed by atoms with Crippen LogP contribution >= 0.6 is 0 Å². The highest BCUT2D eigenvalue weighted by molar-refractivity contribution is 5.79. The summed E-state index contributed by atoms with van der Waals surface area (Å²) in [7, 11) is 0. The fourth-order valence-corrected chi connectivity index (χ4v) is 4.06. The Bertz CT molecular complexity index is 992. The van der Waals surface area contributed by atoms with Crippen LogP contribution in [-0.4, -0.2) is 42.0 Å². The van der Waals surface area contributed by atoms with Crippen molar-refractivity contribution in [3.63, 3.8) is 0 Å². The van der Waals surface area contributed by atoms with E-state index in [1.165, 1.54) is 6.07 Å². The lowest BCUT2D eigenvalue weighted by Gasteiger charge is -2.32. The van der Waals surface area contributed by atoms with Gasteiger partial charge in [0.2, 0.25) is 5.91 Å². The average molecular weight is 434 g/mol. The van der Waals surface area contributed by atoms with Crippen LogP contribution in [0, 0.1) is 11.7 Å². The lowest BCUT2D eigenvalue weighted by Crippen LogP contribution is -2.43. The Kier molecular flexibility index (Phi) is 7.46. The van der Waals surface area contributed by atoms with E-state index in [4.69, 9.17) is 4.74 Å². The Labute approximate surface area is 188 Å². The molecule has 1 amide bonds. The van der Waals surface area contributed by atoms with Gasteiger partial charge < -0.3 is 10.1 Å². The van der Waals surface area contributed by atoms with E-state index in [9.17, 15) is 9.18 Å². The zero-order valence-electron chi connectivity index (χ0n) is 18.0. The van der Waals surface area contributed by atoms with Gasteiger partial charge in [-0.25, -0.2) is 4.39 Å². The van der Waals surface area contributed by atoms with Gasteiger partial charge in [-0.1, -0.05) is 42.5 Å². The van der Waals surface area contributed by atoms with Gasteiger partial charge in [0.15, 0.2) is 0 Å². The monoisotopic (exact) mass is 433 g/mol. The number of hydrogen-bond acceptors (Lipinski definition) is 4. The van der Waals surface area contributed by atoms with Crippen LogP contribution in [0.4, 0.5) is 4.39 Å². The van der Waals surface area contributed by atoms with Crippen molar-refractivity contribution in [1.29, 1.82) is 0 Å². The minimum absolute atomic E-state index is 0.0518. The number of nitrogens with zero attached hydrogens (tertiary/aromatic N) is 2. The van der Waals surface area contributed by atoms with Crippen molar-refractivity contribution in [1.82, 2.24) is 15.2 Å². The summed E-state index contributed by atoms with van der Waals surface area (Å²) < 4.78 is 20.3. The van der Waals surface area contributed by atoms with E-state index in [-0.39, 0.29) is 17.6 Å². The molecule has 4 rings (SSSR count). The number of rotatable bonds is 8. The third-order valence-electron chi connectivity index (χ3n) is 5.86. The average Bonchev–Trinajstić information content (AvgIpc) is 2.85. The lowest BCUT2D eigenvalue weighted by molar-refractivity contribution is -0.127. The summed E-state index contributed by atoms with van der Waals surface area (Å²) in [6.45, 7) is 3.12. The van der Waals surface area contributed by atoms with Gasteiger partial charge in [-0.3, -0.25) is 14.7 Å². The van der Waals surface area contributed by atoms with Crippen LogP contribution in [0.1, 0.15) is 30.1 Å². The highest BCUT2D eigenvalue weighted by Crippen LogP contribution is 2.25. The molecule has 32 heavy (non-hydrogen) atoms. The van der Waals surface area contributed by atoms with E-state index in [0.29, 0.717) is 17.9 Å². The highest BCUT2D eigenvalue weighted by atomic mass is 19.1. The number of ether oxygens (including phenoxy) is 1. The van der Waals surface area contributed by atoms with E-state index in [1.54, 1.807) is 30.5 Å². The molecule has 2 aromatic carbocycles. The molecule has 0 bridgehead atoms. The van der Waals surface area contributed by atoms with Crippen LogP contribution in [0.15, 0.2) is 79.0 Å². The molecule has 1 N–H and O–H groups in total. The molecule has 0 saturated carbocycles. The van der Waals surface area contributed by atoms with E-state index in [2.05, 4.69) is 15.2 Å². The Hall–Kier alpha value is -3.25. The summed E-state index contributed by atoms with van der Waals surface area (Å²) in [5.74, 6) is 0.371. The highest BCUT2D eigenvalue weighted by Gasteiger charge is 2.28. The number of likely N-dealkylation sites (tertiary alicyclic amines) is 1. The first kappa shape index (κ1) is 22.0.